The van der Waals surface area contributed by atoms with Crippen molar-refractivity contribution >= 4 is 0 Å². The Kier molecular flexibility index (Phi) is 10.1. The molecule has 0 bridgehead atoms. The van der Waals surface area contributed by atoms with Crippen LogP contribution in [0.5, 0.6) is 0 Å². The van der Waals surface area contributed by atoms with Crippen molar-refractivity contribution in [2.24, 2.45) is 0 Å². The van der Waals surface area contributed by atoms with Crippen molar-refractivity contribution in [3.05, 3.63) is 25.2 Å². The van der Waals surface area contributed by atoms with Gasteiger partial charge in [0, 0.05) is 6.61 Å². The molecule has 0 spiro atoms. The van der Waals surface area contributed by atoms with Crippen LogP contribution in [0.3, 0.4) is 0 Å². The van der Waals surface area contributed by atoms with Gasteiger partial charge in [-0.05, 0) is 6.92 Å². The number of hydrogen-bond acceptors (Lipinski definition) is 5. The summed E-state index contributed by atoms with van der Waals surface area (Å²) >= 11 is 0. The van der Waals surface area contributed by atoms with E-state index >= 15 is 0 Å². The molecule has 0 fully saturated rings. The van der Waals surface area contributed by atoms with Gasteiger partial charge in [0.15, 0.2) is 5.83 Å². The molecule has 18 heteroatoms. The second kappa shape index (κ2) is 10.6. The first-order chi connectivity index (χ1) is 14.6. The third kappa shape index (κ3) is 7.61. The maximum Gasteiger partial charge on any atom is 0.458 e. The highest BCUT2D eigenvalue weighted by atomic mass is 19.4. The smallest absolute Gasteiger partial charge is 0.458 e. The minimum absolute atomic E-state index is 0.183. The summed E-state index contributed by atoms with van der Waals surface area (Å²) in [6.45, 7) is 2.00. The minimum Gasteiger partial charge on any atom is -0.471 e. The van der Waals surface area contributed by atoms with Crippen LogP contribution >= 0.6 is 0 Å². The van der Waals surface area contributed by atoms with Gasteiger partial charge >= 0.3 is 36.3 Å². The maximum atomic E-state index is 14.2. The lowest BCUT2D eigenvalue weighted by atomic mass is 10.2. The van der Waals surface area contributed by atoms with E-state index in [9.17, 15) is 57.1 Å². The largest absolute Gasteiger partial charge is 0.471 e. The average Bonchev–Trinajstić information content (AvgIpc) is 2.59. The Morgan fingerprint density at radius 1 is 0.879 bits per heavy atom. The molecular formula is C15H15F13O5. The first-order valence-corrected chi connectivity index (χ1v) is 8.08. The summed E-state index contributed by atoms with van der Waals surface area (Å²) in [4.78, 5) is 0. The van der Waals surface area contributed by atoms with Crippen LogP contribution in [0.1, 0.15) is 6.92 Å². The van der Waals surface area contributed by atoms with Crippen molar-refractivity contribution in [2.75, 3.05) is 19.8 Å². The molecule has 0 aliphatic heterocycles. The van der Waals surface area contributed by atoms with Gasteiger partial charge in [-0.1, -0.05) is 13.2 Å². The Morgan fingerprint density at radius 2 is 1.39 bits per heavy atom. The molecule has 0 radical (unpaired) electrons. The second-order valence-electron chi connectivity index (χ2n) is 5.66. The highest BCUT2D eigenvalue weighted by molar-refractivity contribution is 4.97. The molecule has 33 heavy (non-hydrogen) atoms. The summed E-state index contributed by atoms with van der Waals surface area (Å²) in [5.41, 5.74) is 0. The molecule has 0 N–H and O–H groups in total. The Balaban J connectivity index is 6.04. The highest BCUT2D eigenvalue weighted by Gasteiger charge is 2.80. The zero-order valence-electron chi connectivity index (χ0n) is 16.1. The molecule has 0 saturated carbocycles. The lowest BCUT2D eigenvalue weighted by Gasteiger charge is -2.39. The normalized spacial score (nSPS) is 18.2. The van der Waals surface area contributed by atoms with Crippen molar-refractivity contribution in [3.8, 4) is 0 Å². The van der Waals surface area contributed by atoms with Crippen molar-refractivity contribution in [1.29, 1.82) is 0 Å². The van der Waals surface area contributed by atoms with Crippen LogP contribution in [0.2, 0.25) is 0 Å². The molecule has 5 nitrogen and oxygen atoms in total. The van der Waals surface area contributed by atoms with Crippen LogP contribution in [0.25, 0.3) is 0 Å². The van der Waals surface area contributed by atoms with Gasteiger partial charge in [-0.15, -0.1) is 0 Å². The number of alkyl halides is 12. The monoisotopic (exact) mass is 522 g/mol. The van der Waals surface area contributed by atoms with Crippen LogP contribution in [-0.2, 0) is 23.7 Å². The summed E-state index contributed by atoms with van der Waals surface area (Å²) in [6, 6.07) is 0. The molecule has 0 heterocycles. The van der Waals surface area contributed by atoms with E-state index in [0.29, 0.717) is 6.26 Å². The topological polar surface area (TPSA) is 46.2 Å². The summed E-state index contributed by atoms with van der Waals surface area (Å²) in [5.74, 6) is -16.4. The number of halogens is 13. The Labute approximate surface area is 176 Å². The van der Waals surface area contributed by atoms with Gasteiger partial charge in [0.25, 0.3) is 0 Å². The van der Waals surface area contributed by atoms with E-state index in [1.165, 1.54) is 6.92 Å². The molecule has 0 rings (SSSR count). The Hall–Kier alpha value is -1.79. The molecule has 196 valence electrons. The van der Waals surface area contributed by atoms with Crippen molar-refractivity contribution < 1.29 is 80.8 Å². The van der Waals surface area contributed by atoms with Crippen LogP contribution in [0, 0.1) is 0 Å². The van der Waals surface area contributed by atoms with Crippen LogP contribution in [0.4, 0.5) is 57.1 Å². The quantitative estimate of drug-likeness (QED) is 0.167. The zero-order chi connectivity index (χ0) is 26.5. The molecule has 0 aromatic carbocycles. The SMILES string of the molecule is C=COC(COCC(F)(OC(F)(F)C(F)(OC(F)(F)C(=C)F)C(F)(F)F)C(F)(F)F)OCC. The van der Waals surface area contributed by atoms with E-state index in [-0.39, 0.29) is 6.61 Å². The maximum absolute atomic E-state index is 14.2. The summed E-state index contributed by atoms with van der Waals surface area (Å²) in [6.07, 6.45) is -28.3. The fourth-order valence-electron chi connectivity index (χ4n) is 1.66. The van der Waals surface area contributed by atoms with Crippen LogP contribution in [0.15, 0.2) is 25.2 Å². The van der Waals surface area contributed by atoms with E-state index in [2.05, 4.69) is 25.5 Å². The molecule has 0 aromatic rings. The van der Waals surface area contributed by atoms with E-state index in [1.54, 1.807) is 6.58 Å². The average molecular weight is 522 g/mol. The zero-order valence-corrected chi connectivity index (χ0v) is 16.1. The number of ether oxygens (including phenoxy) is 5. The van der Waals surface area contributed by atoms with Crippen molar-refractivity contribution in [1.82, 2.24) is 0 Å². The van der Waals surface area contributed by atoms with Gasteiger partial charge in [-0.25, -0.2) is 4.39 Å². The molecular weight excluding hydrogens is 507 g/mol. The van der Waals surface area contributed by atoms with Gasteiger partial charge in [0.05, 0.1) is 6.26 Å². The standard InChI is InChI=1S/C15H15F13O5/c1-4-30-9(31-5-2)6-29-7-10(17,13(21,22)23)32-15(27,28)12(20,14(24,25)26)33-11(18,19)8(3)16/h4,9H,1,3,5-7H2,2H3. The van der Waals surface area contributed by atoms with E-state index < -0.39 is 61.6 Å². The predicted octanol–water partition coefficient (Wildman–Crippen LogP) is 5.68. The molecule has 0 aliphatic rings. The van der Waals surface area contributed by atoms with Gasteiger partial charge in [0.2, 0.25) is 6.29 Å². The fourth-order valence-corrected chi connectivity index (χ4v) is 1.66. The lowest BCUT2D eigenvalue weighted by Crippen LogP contribution is -2.65. The molecule has 3 atom stereocenters. The van der Waals surface area contributed by atoms with Gasteiger partial charge in [-0.2, -0.15) is 52.7 Å². The molecule has 3 unspecified atom stereocenters. The van der Waals surface area contributed by atoms with Crippen molar-refractivity contribution in [2.45, 2.75) is 49.5 Å². The Bertz CT molecular complexity index is 666. The minimum atomic E-state index is -7.32. The number of rotatable bonds is 14. The van der Waals surface area contributed by atoms with Crippen LogP contribution < -0.4 is 0 Å². The van der Waals surface area contributed by atoms with Gasteiger partial charge in [0.1, 0.15) is 13.2 Å². The Morgan fingerprint density at radius 3 is 1.76 bits per heavy atom. The van der Waals surface area contributed by atoms with Gasteiger partial charge in [-0.3, -0.25) is 9.47 Å². The molecule has 0 aliphatic carbocycles. The first kappa shape index (κ1) is 31.2. The van der Waals surface area contributed by atoms with E-state index in [1.807, 2.05) is 0 Å². The summed E-state index contributed by atoms with van der Waals surface area (Å²) < 4.78 is 189. The molecule has 0 aromatic heterocycles. The molecule has 0 saturated heterocycles. The number of hydrogen-bond donors (Lipinski definition) is 0. The lowest BCUT2D eigenvalue weighted by molar-refractivity contribution is -0.529. The summed E-state index contributed by atoms with van der Waals surface area (Å²) in [5, 5.41) is 0. The molecule has 0 amide bonds. The van der Waals surface area contributed by atoms with Gasteiger partial charge < -0.3 is 14.2 Å². The first-order valence-electron chi connectivity index (χ1n) is 8.08. The third-order valence-electron chi connectivity index (χ3n) is 3.18. The highest BCUT2D eigenvalue weighted by Crippen LogP contribution is 2.53. The van der Waals surface area contributed by atoms with E-state index in [4.69, 9.17) is 4.74 Å². The fraction of sp³-hybridized carbons (Fsp3) is 0.733. The van der Waals surface area contributed by atoms with Crippen LogP contribution in [-0.4, -0.2) is 62.4 Å². The van der Waals surface area contributed by atoms with Crippen molar-refractivity contribution in [3.63, 3.8) is 0 Å². The van der Waals surface area contributed by atoms with E-state index in [0.717, 1.165) is 0 Å². The second-order valence-corrected chi connectivity index (χ2v) is 5.66. The summed E-state index contributed by atoms with van der Waals surface area (Å²) in [7, 11) is 0. The third-order valence-corrected chi connectivity index (χ3v) is 3.18. The predicted molar refractivity (Wildman–Crippen MR) is 79.6 cm³/mol.